The SMILES string of the molecule is Cc1cc(CCCCCC(=O)N[C@H](C(=O)N2C[C@H](O)C[C@H]2C(=O)N[C@@H](C)c2ccc(-c3scnc3C)cc2)C(C)(C)C)c(F)c(OC[C@@H](C)CCC(N)=O)c1. The van der Waals surface area contributed by atoms with E-state index < -0.39 is 35.3 Å². The molecular formula is C42H58FN5O6S. The number of carbonyl (C=O) groups is 4. The molecule has 5 N–H and O–H groups in total. The van der Waals surface area contributed by atoms with Crippen LogP contribution in [-0.4, -0.2) is 70.0 Å². The molecule has 300 valence electrons. The van der Waals surface area contributed by atoms with Crippen molar-refractivity contribution < 1.29 is 33.4 Å². The van der Waals surface area contributed by atoms with Crippen molar-refractivity contribution in [2.75, 3.05) is 13.2 Å². The number of rotatable bonds is 18. The second-order valence-electron chi connectivity index (χ2n) is 16.1. The number of nitrogens with zero attached hydrogens (tertiary/aromatic N) is 2. The molecule has 0 radical (unpaired) electrons. The van der Waals surface area contributed by atoms with Crippen LogP contribution in [0.4, 0.5) is 4.39 Å². The van der Waals surface area contributed by atoms with Gasteiger partial charge in [0.25, 0.3) is 0 Å². The van der Waals surface area contributed by atoms with Crippen LogP contribution < -0.4 is 21.1 Å². The van der Waals surface area contributed by atoms with E-state index in [0.717, 1.165) is 27.3 Å². The number of nitrogens with two attached hydrogens (primary N) is 1. The fraction of sp³-hybridized carbons (Fsp3) is 0.548. The molecule has 1 saturated heterocycles. The van der Waals surface area contributed by atoms with Gasteiger partial charge in [-0.3, -0.25) is 19.2 Å². The van der Waals surface area contributed by atoms with E-state index in [2.05, 4.69) is 15.6 Å². The largest absolute Gasteiger partial charge is 0.490 e. The first kappa shape index (κ1) is 43.4. The lowest BCUT2D eigenvalue weighted by Gasteiger charge is -2.35. The second-order valence-corrected chi connectivity index (χ2v) is 17.0. The Balaban J connectivity index is 1.29. The maximum absolute atomic E-state index is 15.3. The summed E-state index contributed by atoms with van der Waals surface area (Å²) in [5, 5.41) is 16.5. The van der Waals surface area contributed by atoms with Crippen molar-refractivity contribution in [3.05, 3.63) is 70.1 Å². The minimum Gasteiger partial charge on any atom is -0.490 e. The van der Waals surface area contributed by atoms with Crippen molar-refractivity contribution in [3.63, 3.8) is 0 Å². The highest BCUT2D eigenvalue weighted by molar-refractivity contribution is 7.13. The van der Waals surface area contributed by atoms with Gasteiger partial charge >= 0.3 is 0 Å². The Morgan fingerprint density at radius 1 is 1.05 bits per heavy atom. The summed E-state index contributed by atoms with van der Waals surface area (Å²) in [4.78, 5) is 58.7. The Labute approximate surface area is 328 Å². The average Bonchev–Trinajstić information content (AvgIpc) is 3.74. The molecule has 0 unspecified atom stereocenters. The van der Waals surface area contributed by atoms with Crippen molar-refractivity contribution >= 4 is 35.0 Å². The summed E-state index contributed by atoms with van der Waals surface area (Å²) in [7, 11) is 0. The number of carbonyl (C=O) groups excluding carboxylic acids is 4. The van der Waals surface area contributed by atoms with Crippen LogP contribution in [0.25, 0.3) is 10.4 Å². The van der Waals surface area contributed by atoms with Gasteiger partial charge in [0.15, 0.2) is 11.6 Å². The molecule has 2 heterocycles. The lowest BCUT2D eigenvalue weighted by Crippen LogP contribution is -2.57. The molecule has 1 aliphatic heterocycles. The van der Waals surface area contributed by atoms with Gasteiger partial charge in [-0.25, -0.2) is 9.37 Å². The summed E-state index contributed by atoms with van der Waals surface area (Å²) in [6.07, 6.45) is 2.57. The molecule has 0 aliphatic carbocycles. The number of unbranched alkanes of at least 4 members (excludes halogenated alkanes) is 2. The van der Waals surface area contributed by atoms with Crippen molar-refractivity contribution in [1.82, 2.24) is 20.5 Å². The molecule has 0 saturated carbocycles. The van der Waals surface area contributed by atoms with E-state index in [4.69, 9.17) is 10.5 Å². The normalized spacial score (nSPS) is 17.4. The monoisotopic (exact) mass is 779 g/mol. The predicted octanol–water partition coefficient (Wildman–Crippen LogP) is 6.32. The molecule has 5 atom stereocenters. The van der Waals surface area contributed by atoms with Gasteiger partial charge in [-0.1, -0.05) is 64.4 Å². The van der Waals surface area contributed by atoms with Crippen LogP contribution in [0.5, 0.6) is 5.75 Å². The van der Waals surface area contributed by atoms with Gasteiger partial charge in [-0.05, 0) is 86.1 Å². The topological polar surface area (TPSA) is 164 Å². The molecule has 0 spiro atoms. The molecule has 13 heteroatoms. The van der Waals surface area contributed by atoms with E-state index in [1.165, 1.54) is 4.90 Å². The molecular weight excluding hydrogens is 722 g/mol. The lowest BCUT2D eigenvalue weighted by atomic mass is 9.85. The van der Waals surface area contributed by atoms with Gasteiger partial charge in [0.2, 0.25) is 23.6 Å². The van der Waals surface area contributed by atoms with E-state index >= 15 is 4.39 Å². The minimum absolute atomic E-state index is 0.00670. The molecule has 4 rings (SSSR count). The van der Waals surface area contributed by atoms with Crippen LogP contribution in [0.3, 0.4) is 0 Å². The Bertz CT molecular complexity index is 1790. The second kappa shape index (κ2) is 19.5. The van der Waals surface area contributed by atoms with Crippen LogP contribution >= 0.6 is 11.3 Å². The number of β-amino-alcohol motifs (C(OH)–C–C–N with tert-alkyl or cyclic N) is 1. The van der Waals surface area contributed by atoms with Crippen molar-refractivity contribution in [2.45, 2.75) is 124 Å². The smallest absolute Gasteiger partial charge is 0.246 e. The highest BCUT2D eigenvalue weighted by atomic mass is 32.1. The summed E-state index contributed by atoms with van der Waals surface area (Å²) in [5.74, 6) is -1.61. The number of hydrogen-bond donors (Lipinski definition) is 4. The number of nitrogens with one attached hydrogen (secondary N) is 2. The molecule has 55 heavy (non-hydrogen) atoms. The van der Waals surface area contributed by atoms with Crippen LogP contribution in [-0.2, 0) is 25.6 Å². The summed E-state index contributed by atoms with van der Waals surface area (Å²) in [5.41, 5.74) is 10.7. The average molecular weight is 780 g/mol. The first-order valence-corrected chi connectivity index (χ1v) is 20.1. The number of benzene rings is 2. The zero-order valence-corrected chi connectivity index (χ0v) is 34.1. The summed E-state index contributed by atoms with van der Waals surface area (Å²) in [6.45, 7) is 13.5. The third-order valence-corrected chi connectivity index (χ3v) is 11.1. The summed E-state index contributed by atoms with van der Waals surface area (Å²) < 4.78 is 21.0. The van der Waals surface area contributed by atoms with Crippen LogP contribution in [0, 0.1) is 31.0 Å². The zero-order chi connectivity index (χ0) is 40.4. The van der Waals surface area contributed by atoms with Crippen LogP contribution in [0.2, 0.25) is 0 Å². The number of aryl methyl sites for hydroxylation is 3. The molecule has 0 bridgehead atoms. The van der Waals surface area contributed by atoms with Crippen molar-refractivity contribution in [2.24, 2.45) is 17.1 Å². The first-order chi connectivity index (χ1) is 25.9. The van der Waals surface area contributed by atoms with Crippen molar-refractivity contribution in [3.8, 4) is 16.2 Å². The molecule has 11 nitrogen and oxygen atoms in total. The maximum Gasteiger partial charge on any atom is 0.246 e. The van der Waals surface area contributed by atoms with Gasteiger partial charge in [0, 0.05) is 25.8 Å². The van der Waals surface area contributed by atoms with E-state index in [-0.39, 0.29) is 67.8 Å². The number of ether oxygens (including phenoxy) is 1. The summed E-state index contributed by atoms with van der Waals surface area (Å²) >= 11 is 1.57. The van der Waals surface area contributed by atoms with E-state index in [1.807, 2.05) is 78.2 Å². The molecule has 3 aromatic rings. The van der Waals surface area contributed by atoms with Gasteiger partial charge in [-0.15, -0.1) is 11.3 Å². The standard InChI is InChI=1S/C42H58FN5O6S/c1-25(13-18-35(44)50)23-54-34-20-26(2)19-31(37(34)43)11-9-8-10-12-36(51)47-39(42(5,6)7)41(53)48-22-32(49)21-33(48)40(52)46-27(3)29-14-16-30(17-15-29)38-28(4)45-24-55-38/h14-17,19-20,24-25,27,32-33,39,49H,8-13,18,21-23H2,1-7H3,(H2,44,50)(H,46,52)(H,47,51)/t25-,27-,32+,33-,39+/m0/s1. The number of likely N-dealkylation sites (tertiary alicyclic amines) is 1. The zero-order valence-electron chi connectivity index (χ0n) is 33.2. The molecule has 4 amide bonds. The highest BCUT2D eigenvalue weighted by Gasteiger charge is 2.44. The Kier molecular flexibility index (Phi) is 15.4. The van der Waals surface area contributed by atoms with E-state index in [9.17, 15) is 24.3 Å². The number of aromatic nitrogens is 1. The predicted molar refractivity (Wildman–Crippen MR) is 213 cm³/mol. The number of amides is 4. The van der Waals surface area contributed by atoms with E-state index in [1.54, 1.807) is 23.5 Å². The highest BCUT2D eigenvalue weighted by Crippen LogP contribution is 2.30. The van der Waals surface area contributed by atoms with Crippen LogP contribution in [0.1, 0.15) is 108 Å². The molecule has 1 fully saturated rings. The van der Waals surface area contributed by atoms with Gasteiger partial charge in [0.1, 0.15) is 12.1 Å². The maximum atomic E-state index is 15.3. The van der Waals surface area contributed by atoms with Gasteiger partial charge in [-0.2, -0.15) is 0 Å². The van der Waals surface area contributed by atoms with E-state index in [0.29, 0.717) is 37.7 Å². The third kappa shape index (κ3) is 12.3. The van der Waals surface area contributed by atoms with Crippen molar-refractivity contribution in [1.29, 1.82) is 0 Å². The molecule has 1 aliphatic rings. The number of thiazole rings is 1. The fourth-order valence-electron chi connectivity index (χ4n) is 6.83. The Hall–Kier alpha value is -4.36. The van der Waals surface area contributed by atoms with Gasteiger partial charge in [0.05, 0.1) is 34.8 Å². The molecule has 1 aromatic heterocycles. The van der Waals surface area contributed by atoms with Crippen LogP contribution in [0.15, 0.2) is 41.9 Å². The lowest BCUT2D eigenvalue weighted by molar-refractivity contribution is -0.144. The van der Waals surface area contributed by atoms with Gasteiger partial charge < -0.3 is 31.1 Å². The summed E-state index contributed by atoms with van der Waals surface area (Å²) in [6, 6.07) is 9.25. The Morgan fingerprint density at radius 2 is 1.76 bits per heavy atom. The number of aliphatic hydroxyl groups excluding tert-OH is 1. The minimum atomic E-state index is -0.918. The number of aliphatic hydroxyl groups is 1. The molecule has 2 aromatic carbocycles. The quantitative estimate of drug-likeness (QED) is 0.110. The fourth-order valence-corrected chi connectivity index (χ4v) is 7.64. The number of hydrogen-bond acceptors (Lipinski definition) is 8. The first-order valence-electron chi connectivity index (χ1n) is 19.2. The number of primary amides is 1. The Morgan fingerprint density at radius 3 is 2.40 bits per heavy atom. The number of halogens is 1. The third-order valence-electron chi connectivity index (χ3n) is 10.1.